The van der Waals surface area contributed by atoms with Crippen molar-refractivity contribution in [2.45, 2.75) is 88.9 Å². The summed E-state index contributed by atoms with van der Waals surface area (Å²) in [5, 5.41) is 23.5. The van der Waals surface area contributed by atoms with Gasteiger partial charge in [-0.3, -0.25) is 24.4 Å². The molecule has 1 saturated carbocycles. The van der Waals surface area contributed by atoms with Gasteiger partial charge in [0.2, 0.25) is 5.91 Å². The number of rotatable bonds is 6. The summed E-state index contributed by atoms with van der Waals surface area (Å²) in [6.07, 6.45) is 9.37. The maximum atomic E-state index is 14.2. The fraction of sp³-hybridized carbons (Fsp3) is 0.517. The number of aliphatic hydroxyl groups is 1. The molecule has 8 nitrogen and oxygen atoms in total. The van der Waals surface area contributed by atoms with Gasteiger partial charge < -0.3 is 10.4 Å². The maximum Gasteiger partial charge on any atom is 0.251 e. The molecule has 1 saturated heterocycles. The van der Waals surface area contributed by atoms with E-state index in [0.29, 0.717) is 16.3 Å². The van der Waals surface area contributed by atoms with Gasteiger partial charge in [0, 0.05) is 36.1 Å². The number of pyridine rings is 1. The number of carbonyl (C=O) groups excluding carboxylic acids is 2. The fourth-order valence-electron chi connectivity index (χ4n) is 5.37. The van der Waals surface area contributed by atoms with Crippen LogP contribution >= 0.6 is 11.6 Å². The van der Waals surface area contributed by atoms with E-state index in [1.807, 2.05) is 30.5 Å². The van der Waals surface area contributed by atoms with Crippen LogP contribution in [-0.4, -0.2) is 51.5 Å². The van der Waals surface area contributed by atoms with Crippen molar-refractivity contribution in [2.24, 2.45) is 0 Å². The van der Waals surface area contributed by atoms with Crippen LogP contribution in [0.5, 0.6) is 0 Å². The topological polar surface area (TPSA) is 110 Å². The maximum absolute atomic E-state index is 14.2. The highest BCUT2D eigenvalue weighted by Gasteiger charge is 2.43. The molecule has 4 rings (SSSR count). The molecule has 1 aliphatic carbocycles. The van der Waals surface area contributed by atoms with Crippen LogP contribution in [0.25, 0.3) is 0 Å². The number of halogens is 1. The highest BCUT2D eigenvalue weighted by Crippen LogP contribution is 2.34. The molecule has 2 N–H and O–H groups in total. The average molecular weight is 538 g/mol. The Hall–Kier alpha value is -3.15. The van der Waals surface area contributed by atoms with E-state index in [0.717, 1.165) is 37.7 Å². The van der Waals surface area contributed by atoms with Crippen LogP contribution in [0.1, 0.15) is 76.5 Å². The van der Waals surface area contributed by atoms with E-state index in [2.05, 4.69) is 31.1 Å². The highest BCUT2D eigenvalue weighted by molar-refractivity contribution is 6.30. The number of anilines is 1. The van der Waals surface area contributed by atoms with E-state index >= 15 is 0 Å². The number of carbonyl (C=O) groups is 2. The van der Waals surface area contributed by atoms with E-state index in [1.165, 1.54) is 16.0 Å². The molecule has 3 unspecified atom stereocenters. The van der Waals surface area contributed by atoms with Crippen molar-refractivity contribution < 1.29 is 14.7 Å². The van der Waals surface area contributed by atoms with Gasteiger partial charge in [0.1, 0.15) is 12.1 Å². The molecule has 3 atom stereocenters. The fourth-order valence-corrected chi connectivity index (χ4v) is 5.55. The first kappa shape index (κ1) is 27.9. The van der Waals surface area contributed by atoms with Crippen LogP contribution in [-0.2, 0) is 15.0 Å². The Kier molecular flexibility index (Phi) is 8.59. The summed E-state index contributed by atoms with van der Waals surface area (Å²) >= 11 is 6.30. The minimum Gasteiger partial charge on any atom is -0.391 e. The van der Waals surface area contributed by atoms with Gasteiger partial charge in [-0.2, -0.15) is 5.26 Å². The molecule has 0 bridgehead atoms. The third-order valence-electron chi connectivity index (χ3n) is 7.44. The molecule has 202 valence electrons. The van der Waals surface area contributed by atoms with Crippen molar-refractivity contribution in [3.63, 3.8) is 0 Å². The van der Waals surface area contributed by atoms with E-state index < -0.39 is 24.1 Å². The van der Waals surface area contributed by atoms with Crippen molar-refractivity contribution in [2.75, 3.05) is 11.4 Å². The summed E-state index contributed by atoms with van der Waals surface area (Å²) in [5.41, 5.74) is 1.97. The molecule has 9 heteroatoms. The van der Waals surface area contributed by atoms with E-state index in [-0.39, 0.29) is 30.3 Å². The van der Waals surface area contributed by atoms with Crippen LogP contribution in [0.15, 0.2) is 42.7 Å². The van der Waals surface area contributed by atoms with Gasteiger partial charge in [0.15, 0.2) is 6.19 Å². The minimum atomic E-state index is -1.06. The van der Waals surface area contributed by atoms with Gasteiger partial charge in [-0.25, -0.2) is 0 Å². The van der Waals surface area contributed by atoms with Crippen molar-refractivity contribution in [1.82, 2.24) is 15.2 Å². The zero-order chi connectivity index (χ0) is 27.4. The number of aromatic nitrogens is 1. The smallest absolute Gasteiger partial charge is 0.251 e. The molecule has 2 amide bonds. The summed E-state index contributed by atoms with van der Waals surface area (Å²) in [6.45, 7) is 6.39. The van der Waals surface area contributed by atoms with Crippen LogP contribution in [0.4, 0.5) is 5.69 Å². The summed E-state index contributed by atoms with van der Waals surface area (Å²) < 4.78 is 0. The van der Waals surface area contributed by atoms with Gasteiger partial charge in [-0.1, -0.05) is 63.8 Å². The molecule has 1 aromatic carbocycles. The summed E-state index contributed by atoms with van der Waals surface area (Å²) in [4.78, 5) is 35.2. The Morgan fingerprint density at radius 1 is 1.18 bits per heavy atom. The van der Waals surface area contributed by atoms with Crippen LogP contribution in [0.2, 0.25) is 5.02 Å². The number of nitrogens with zero attached hydrogens (tertiary/aromatic N) is 4. The van der Waals surface area contributed by atoms with Crippen molar-refractivity contribution in [1.29, 1.82) is 5.26 Å². The number of β-amino-alcohol motifs (C(OH)–C–C–N with tert-alkyl or cyclic N) is 1. The zero-order valence-corrected chi connectivity index (χ0v) is 23.0. The average Bonchev–Trinajstić information content (AvgIpc) is 3.27. The number of hydrogen-bond acceptors (Lipinski definition) is 6. The Bertz CT molecular complexity index is 1180. The lowest BCUT2D eigenvalue weighted by atomic mass is 9.87. The molecule has 1 aliphatic heterocycles. The number of aliphatic hydroxyl groups excluding tert-OH is 1. The normalized spacial score (nSPS) is 21.0. The number of amides is 2. The van der Waals surface area contributed by atoms with E-state index in [1.54, 1.807) is 12.3 Å². The predicted molar refractivity (Wildman–Crippen MR) is 146 cm³/mol. The van der Waals surface area contributed by atoms with Gasteiger partial charge in [0.05, 0.1) is 17.7 Å². The number of likely N-dealkylation sites (tertiary alicyclic amines) is 1. The lowest BCUT2D eigenvalue weighted by Gasteiger charge is -2.35. The zero-order valence-electron chi connectivity index (χ0n) is 22.2. The second-order valence-electron chi connectivity index (χ2n) is 11.3. The third kappa shape index (κ3) is 6.28. The van der Waals surface area contributed by atoms with E-state index in [4.69, 9.17) is 11.6 Å². The van der Waals surface area contributed by atoms with Crippen molar-refractivity contribution in [3.05, 3.63) is 58.9 Å². The number of benzene rings is 1. The molecule has 0 radical (unpaired) electrons. The molecule has 2 fully saturated rings. The molecular formula is C29H36ClN5O3. The summed E-state index contributed by atoms with van der Waals surface area (Å²) in [7, 11) is 0. The summed E-state index contributed by atoms with van der Waals surface area (Å²) in [5.74, 6) is -0.758. The second-order valence-corrected chi connectivity index (χ2v) is 11.8. The van der Waals surface area contributed by atoms with Crippen LogP contribution in [0.3, 0.4) is 0 Å². The summed E-state index contributed by atoms with van der Waals surface area (Å²) in [6, 6.07) is 7.29. The first-order valence-electron chi connectivity index (χ1n) is 13.3. The van der Waals surface area contributed by atoms with Crippen LogP contribution in [0, 0.1) is 11.5 Å². The lowest BCUT2D eigenvalue weighted by molar-refractivity contribution is -0.128. The molecule has 38 heavy (non-hydrogen) atoms. The van der Waals surface area contributed by atoms with E-state index in [9.17, 15) is 20.0 Å². The molecule has 2 heterocycles. The molecule has 1 aromatic heterocycles. The number of hydrogen-bond donors (Lipinski definition) is 2. The first-order valence-corrected chi connectivity index (χ1v) is 13.6. The van der Waals surface area contributed by atoms with Crippen molar-refractivity contribution in [3.8, 4) is 6.19 Å². The predicted octanol–water partition coefficient (Wildman–Crippen LogP) is 4.47. The Labute approximate surface area is 229 Å². The Balaban J connectivity index is 1.81. The lowest BCUT2D eigenvalue weighted by Crippen LogP contribution is -2.51. The van der Waals surface area contributed by atoms with Crippen molar-refractivity contribution >= 4 is 29.1 Å². The Morgan fingerprint density at radius 2 is 1.87 bits per heavy atom. The minimum absolute atomic E-state index is 0.0232. The third-order valence-corrected chi connectivity index (χ3v) is 7.65. The SMILES string of the molecule is CC(C)(C)c1ccc(N(C(=O)C2CC(O)CN2C#N)C(C(=O)NC2CCCCC2)c2cncc(Cl)c2)cc1. The second kappa shape index (κ2) is 11.7. The molecular weight excluding hydrogens is 502 g/mol. The number of nitrogens with one attached hydrogen (secondary N) is 1. The van der Waals surface area contributed by atoms with Gasteiger partial charge >= 0.3 is 0 Å². The molecule has 2 aromatic rings. The van der Waals surface area contributed by atoms with Crippen LogP contribution < -0.4 is 10.2 Å². The Morgan fingerprint density at radius 3 is 2.47 bits per heavy atom. The number of nitriles is 1. The first-order chi connectivity index (χ1) is 18.1. The standard InChI is InChI=1S/C29H36ClN5O3/c1-29(2,3)20-9-11-23(12-10-20)35(28(38)25-14-24(36)17-34(25)18-31)26(19-13-21(30)16-32-15-19)27(37)33-22-7-5-4-6-8-22/h9-13,15-16,22,24-26,36H,4-8,14,17H2,1-3H3,(H,33,37). The monoisotopic (exact) mass is 537 g/mol. The van der Waals surface area contributed by atoms with Gasteiger partial charge in [0.25, 0.3) is 5.91 Å². The highest BCUT2D eigenvalue weighted by atomic mass is 35.5. The van der Waals surface area contributed by atoms with Gasteiger partial charge in [-0.15, -0.1) is 0 Å². The largest absolute Gasteiger partial charge is 0.391 e. The van der Waals surface area contributed by atoms with Gasteiger partial charge in [-0.05, 0) is 42.0 Å². The molecule has 2 aliphatic rings. The quantitative estimate of drug-likeness (QED) is 0.526. The molecule has 0 spiro atoms.